The largest absolute Gasteiger partial charge is 0.428 e. The molecule has 0 unspecified atom stereocenters. The van der Waals surface area contributed by atoms with Crippen molar-refractivity contribution in [2.45, 2.75) is 31.6 Å². The van der Waals surface area contributed by atoms with Crippen LogP contribution in [0.1, 0.15) is 43.1 Å². The van der Waals surface area contributed by atoms with Gasteiger partial charge >= 0.3 is 0 Å². The summed E-state index contributed by atoms with van der Waals surface area (Å²) in [5, 5.41) is 8.65. The van der Waals surface area contributed by atoms with Gasteiger partial charge in [0.15, 0.2) is 0 Å². The Hall–Kier alpha value is -1.61. The molecule has 0 radical (unpaired) electrons. The number of allylic oxidation sites excluding steroid dienone is 2. The molecule has 1 aliphatic carbocycles. The zero-order valence-electron chi connectivity index (χ0n) is 10.7. The molecule has 0 bridgehead atoms. The molecule has 98 valence electrons. The second kappa shape index (κ2) is 5.17. The number of rotatable bonds is 2. The fourth-order valence-electron chi connectivity index (χ4n) is 2.74. The lowest BCUT2D eigenvalue weighted by molar-refractivity contribution is 0.391. The summed E-state index contributed by atoms with van der Waals surface area (Å²) >= 11 is 5.96. The Kier molecular flexibility index (Phi) is 3.38. The molecule has 3 rings (SSSR count). The van der Waals surface area contributed by atoms with Crippen LogP contribution in [-0.2, 0) is 0 Å². The highest BCUT2D eigenvalue weighted by atomic mass is 35.5. The maximum absolute atomic E-state index is 5.96. The summed E-state index contributed by atoms with van der Waals surface area (Å²) in [6.45, 7) is 2.17. The smallest absolute Gasteiger partial charge is 0.220 e. The molecule has 0 aliphatic heterocycles. The third-order valence-corrected chi connectivity index (χ3v) is 3.99. The van der Waals surface area contributed by atoms with Crippen molar-refractivity contribution in [3.8, 4) is 0 Å². The van der Waals surface area contributed by atoms with Gasteiger partial charge in [-0.3, -0.25) is 0 Å². The first-order valence-electron chi connectivity index (χ1n) is 6.41. The minimum atomic E-state index is 0.257. The van der Waals surface area contributed by atoms with E-state index < -0.39 is 0 Å². The van der Waals surface area contributed by atoms with E-state index in [2.05, 4.69) is 35.3 Å². The van der Waals surface area contributed by atoms with Gasteiger partial charge in [-0.25, -0.2) is 0 Å². The first-order chi connectivity index (χ1) is 9.24. The molecule has 4 heteroatoms. The van der Waals surface area contributed by atoms with Crippen LogP contribution in [0.5, 0.6) is 0 Å². The van der Waals surface area contributed by atoms with Crippen molar-refractivity contribution in [3.05, 3.63) is 58.8 Å². The third-order valence-electron chi connectivity index (χ3n) is 3.74. The lowest BCUT2D eigenvalue weighted by Crippen LogP contribution is -2.15. The van der Waals surface area contributed by atoms with Crippen LogP contribution in [0.15, 0.2) is 46.7 Å². The van der Waals surface area contributed by atoms with Gasteiger partial charge in [-0.15, -0.1) is 10.2 Å². The van der Waals surface area contributed by atoms with E-state index in [9.17, 15) is 0 Å². The lowest BCUT2D eigenvalue weighted by Gasteiger charge is -2.28. The lowest BCUT2D eigenvalue weighted by atomic mass is 9.76. The standard InChI is InChI=1S/C15H15ClN2O/c1-10-2-7-13(15-18-17-9-19-15)14(8-10)11-3-5-12(16)6-4-11/h2-6,9,13-14H,7-8H2,1H3/t13-,14-/m0/s1. The number of aromatic nitrogens is 2. The van der Waals surface area contributed by atoms with Gasteiger partial charge in [-0.2, -0.15) is 0 Å². The summed E-state index contributed by atoms with van der Waals surface area (Å²) in [5.74, 6) is 1.36. The molecule has 3 nitrogen and oxygen atoms in total. The molecule has 19 heavy (non-hydrogen) atoms. The minimum Gasteiger partial charge on any atom is -0.428 e. The van der Waals surface area contributed by atoms with Gasteiger partial charge in [0.2, 0.25) is 12.3 Å². The van der Waals surface area contributed by atoms with E-state index in [1.165, 1.54) is 17.5 Å². The number of hydrogen-bond acceptors (Lipinski definition) is 3. The van der Waals surface area contributed by atoms with Crippen LogP contribution >= 0.6 is 11.6 Å². The second-order valence-electron chi connectivity index (χ2n) is 5.03. The monoisotopic (exact) mass is 274 g/mol. The van der Waals surface area contributed by atoms with Crippen LogP contribution in [0.4, 0.5) is 0 Å². The van der Waals surface area contributed by atoms with Crippen LogP contribution in [-0.4, -0.2) is 10.2 Å². The molecular weight excluding hydrogens is 260 g/mol. The van der Waals surface area contributed by atoms with E-state index in [0.717, 1.165) is 23.8 Å². The van der Waals surface area contributed by atoms with Gasteiger partial charge in [0.05, 0.1) is 0 Å². The Morgan fingerprint density at radius 2 is 2.00 bits per heavy atom. The molecule has 0 spiro atoms. The van der Waals surface area contributed by atoms with Crippen molar-refractivity contribution >= 4 is 11.6 Å². The summed E-state index contributed by atoms with van der Waals surface area (Å²) in [4.78, 5) is 0. The first-order valence-corrected chi connectivity index (χ1v) is 6.79. The van der Waals surface area contributed by atoms with Crippen molar-refractivity contribution in [3.63, 3.8) is 0 Å². The molecule has 1 heterocycles. The van der Waals surface area contributed by atoms with Crippen molar-refractivity contribution in [1.82, 2.24) is 10.2 Å². The molecule has 2 atom stereocenters. The number of halogens is 1. The van der Waals surface area contributed by atoms with Gasteiger partial charge in [0.25, 0.3) is 0 Å². The van der Waals surface area contributed by atoms with Crippen LogP contribution in [0.25, 0.3) is 0 Å². The van der Waals surface area contributed by atoms with Gasteiger partial charge in [-0.05, 0) is 43.4 Å². The van der Waals surface area contributed by atoms with E-state index >= 15 is 0 Å². The van der Waals surface area contributed by atoms with Gasteiger partial charge in [0.1, 0.15) is 0 Å². The Labute approximate surface area is 117 Å². The molecular formula is C15H15ClN2O. The van der Waals surface area contributed by atoms with Crippen molar-refractivity contribution in [2.75, 3.05) is 0 Å². The van der Waals surface area contributed by atoms with Crippen LogP contribution < -0.4 is 0 Å². The average molecular weight is 275 g/mol. The predicted molar refractivity (Wildman–Crippen MR) is 74.2 cm³/mol. The molecule has 0 saturated carbocycles. The number of benzene rings is 1. The van der Waals surface area contributed by atoms with Crippen LogP contribution in [0, 0.1) is 0 Å². The molecule has 1 aromatic heterocycles. The quantitative estimate of drug-likeness (QED) is 0.765. The van der Waals surface area contributed by atoms with Crippen molar-refractivity contribution in [2.24, 2.45) is 0 Å². The molecule has 0 N–H and O–H groups in total. The van der Waals surface area contributed by atoms with Gasteiger partial charge < -0.3 is 4.42 Å². The second-order valence-corrected chi connectivity index (χ2v) is 5.47. The zero-order chi connectivity index (χ0) is 13.2. The van der Waals surface area contributed by atoms with E-state index in [1.807, 2.05) is 12.1 Å². The number of nitrogens with zero attached hydrogens (tertiary/aromatic N) is 2. The molecule has 0 fully saturated rings. The van der Waals surface area contributed by atoms with Gasteiger partial charge in [-0.1, -0.05) is 35.4 Å². The maximum Gasteiger partial charge on any atom is 0.220 e. The summed E-state index contributed by atoms with van der Waals surface area (Å²) in [7, 11) is 0. The summed E-state index contributed by atoms with van der Waals surface area (Å²) in [6, 6.07) is 8.06. The molecule has 0 amide bonds. The zero-order valence-corrected chi connectivity index (χ0v) is 11.5. The summed E-state index contributed by atoms with van der Waals surface area (Å²) in [5.41, 5.74) is 2.69. The van der Waals surface area contributed by atoms with Gasteiger partial charge in [0, 0.05) is 10.9 Å². The van der Waals surface area contributed by atoms with E-state index in [-0.39, 0.29) is 5.92 Å². The Morgan fingerprint density at radius 1 is 1.21 bits per heavy atom. The fourth-order valence-corrected chi connectivity index (χ4v) is 2.87. The molecule has 0 saturated heterocycles. The van der Waals surface area contributed by atoms with Crippen LogP contribution in [0.3, 0.4) is 0 Å². The van der Waals surface area contributed by atoms with E-state index in [0.29, 0.717) is 5.92 Å². The van der Waals surface area contributed by atoms with E-state index in [1.54, 1.807) is 0 Å². The number of hydrogen-bond donors (Lipinski definition) is 0. The van der Waals surface area contributed by atoms with Crippen molar-refractivity contribution in [1.29, 1.82) is 0 Å². The minimum absolute atomic E-state index is 0.257. The molecule has 1 aliphatic rings. The Bertz CT molecular complexity index is 575. The van der Waals surface area contributed by atoms with E-state index in [4.69, 9.17) is 16.0 Å². The highest BCUT2D eigenvalue weighted by molar-refractivity contribution is 6.30. The topological polar surface area (TPSA) is 38.9 Å². The molecule has 2 aromatic rings. The Morgan fingerprint density at radius 3 is 2.68 bits per heavy atom. The van der Waals surface area contributed by atoms with Crippen LogP contribution in [0.2, 0.25) is 5.02 Å². The summed E-state index contributed by atoms with van der Waals surface area (Å²) in [6.07, 6.45) is 5.64. The fraction of sp³-hybridized carbons (Fsp3) is 0.333. The molecule has 1 aromatic carbocycles. The maximum atomic E-state index is 5.96. The van der Waals surface area contributed by atoms with Crippen molar-refractivity contribution < 1.29 is 4.42 Å². The average Bonchev–Trinajstić information content (AvgIpc) is 2.93. The SMILES string of the molecule is CC1=CC[C@H](c2nnco2)[C@H](c2ccc(Cl)cc2)C1. The third kappa shape index (κ3) is 2.56. The Balaban J connectivity index is 1.96. The predicted octanol–water partition coefficient (Wildman–Crippen LogP) is 4.33. The highest BCUT2D eigenvalue weighted by Crippen LogP contribution is 2.42. The normalized spacial score (nSPS) is 23.2. The highest BCUT2D eigenvalue weighted by Gasteiger charge is 2.30. The summed E-state index contributed by atoms with van der Waals surface area (Å²) < 4.78 is 5.41. The first kappa shape index (κ1) is 12.4.